The fourth-order valence-electron chi connectivity index (χ4n) is 1.64. The molecule has 108 valence electrons. The largest absolute Gasteiger partial charge is 0.497 e. The Bertz CT molecular complexity index is 524. The molecule has 1 atom stereocenters. The first-order valence-corrected chi connectivity index (χ1v) is 6.41. The second kappa shape index (κ2) is 6.33. The van der Waals surface area contributed by atoms with E-state index in [1.54, 1.807) is 19.2 Å². The quantitative estimate of drug-likeness (QED) is 0.854. The third-order valence-electron chi connectivity index (χ3n) is 2.61. The SMILES string of the molecule is C#CC(C)c1cc(OC)ccc1NC(=O)OC(C)(C)C. The molecule has 1 N–H and O–H groups in total. The molecule has 0 aliphatic rings. The molecule has 1 unspecified atom stereocenters. The number of rotatable bonds is 3. The van der Waals surface area contributed by atoms with Crippen molar-refractivity contribution in [2.24, 2.45) is 0 Å². The van der Waals surface area contributed by atoms with Gasteiger partial charge in [-0.2, -0.15) is 0 Å². The molecule has 0 radical (unpaired) electrons. The number of benzene rings is 1. The zero-order chi connectivity index (χ0) is 15.3. The zero-order valence-electron chi connectivity index (χ0n) is 12.6. The van der Waals surface area contributed by atoms with E-state index in [9.17, 15) is 4.79 Å². The number of methoxy groups -OCH3 is 1. The third kappa shape index (κ3) is 4.51. The number of hydrogen-bond acceptors (Lipinski definition) is 3. The third-order valence-corrected chi connectivity index (χ3v) is 2.61. The van der Waals surface area contributed by atoms with Crippen LogP contribution >= 0.6 is 0 Å². The molecule has 0 aliphatic carbocycles. The molecule has 1 aromatic rings. The Kier molecular flexibility index (Phi) is 5.04. The lowest BCUT2D eigenvalue weighted by molar-refractivity contribution is 0.0636. The first kappa shape index (κ1) is 15.9. The van der Waals surface area contributed by atoms with Gasteiger partial charge in [-0.3, -0.25) is 5.32 Å². The molecule has 0 fully saturated rings. The highest BCUT2D eigenvalue weighted by Crippen LogP contribution is 2.28. The Balaban J connectivity index is 3.00. The van der Waals surface area contributed by atoms with Gasteiger partial charge in [0.15, 0.2) is 0 Å². The summed E-state index contributed by atoms with van der Waals surface area (Å²) in [4.78, 5) is 11.8. The summed E-state index contributed by atoms with van der Waals surface area (Å²) >= 11 is 0. The molecule has 4 heteroatoms. The minimum atomic E-state index is -0.547. The lowest BCUT2D eigenvalue weighted by atomic mass is 9.99. The maximum absolute atomic E-state index is 11.8. The van der Waals surface area contributed by atoms with E-state index in [1.165, 1.54) is 0 Å². The highest BCUT2D eigenvalue weighted by atomic mass is 16.6. The van der Waals surface area contributed by atoms with Crippen molar-refractivity contribution in [3.63, 3.8) is 0 Å². The Hall–Kier alpha value is -2.15. The number of nitrogens with one attached hydrogen (secondary N) is 1. The molecule has 0 saturated carbocycles. The Morgan fingerprint density at radius 2 is 2.05 bits per heavy atom. The van der Waals surface area contributed by atoms with Gasteiger partial charge in [0.05, 0.1) is 7.11 Å². The van der Waals surface area contributed by atoms with Gasteiger partial charge in [-0.05, 0) is 51.5 Å². The van der Waals surface area contributed by atoms with Gasteiger partial charge in [0, 0.05) is 11.6 Å². The molecule has 1 rings (SSSR count). The van der Waals surface area contributed by atoms with Gasteiger partial charge in [-0.15, -0.1) is 6.42 Å². The van der Waals surface area contributed by atoms with Gasteiger partial charge in [0.1, 0.15) is 11.4 Å². The highest BCUT2D eigenvalue weighted by molar-refractivity contribution is 5.86. The summed E-state index contributed by atoms with van der Waals surface area (Å²) in [5.74, 6) is 3.19. The minimum absolute atomic E-state index is 0.143. The molecular weight excluding hydrogens is 254 g/mol. The number of terminal acetylenes is 1. The van der Waals surface area contributed by atoms with Crippen molar-refractivity contribution in [2.45, 2.75) is 39.2 Å². The molecule has 0 saturated heterocycles. The first-order chi connectivity index (χ1) is 9.26. The predicted octanol–water partition coefficient (Wildman–Crippen LogP) is 3.78. The lowest BCUT2D eigenvalue weighted by Gasteiger charge is -2.21. The molecule has 20 heavy (non-hydrogen) atoms. The van der Waals surface area contributed by atoms with Crippen molar-refractivity contribution in [1.29, 1.82) is 0 Å². The molecule has 1 amide bonds. The number of hydrogen-bond donors (Lipinski definition) is 1. The molecular formula is C16H21NO3. The van der Waals surface area contributed by atoms with Gasteiger partial charge >= 0.3 is 6.09 Å². The van der Waals surface area contributed by atoms with Crippen LogP contribution in [0.15, 0.2) is 18.2 Å². The summed E-state index contributed by atoms with van der Waals surface area (Å²) in [6, 6.07) is 5.34. The molecule has 0 bridgehead atoms. The van der Waals surface area contributed by atoms with Crippen molar-refractivity contribution < 1.29 is 14.3 Å². The van der Waals surface area contributed by atoms with E-state index in [4.69, 9.17) is 15.9 Å². The first-order valence-electron chi connectivity index (χ1n) is 6.41. The summed E-state index contributed by atoms with van der Waals surface area (Å²) in [6.45, 7) is 7.32. The van der Waals surface area contributed by atoms with Crippen molar-refractivity contribution in [3.05, 3.63) is 23.8 Å². The zero-order valence-corrected chi connectivity index (χ0v) is 12.6. The van der Waals surface area contributed by atoms with Crippen LogP contribution in [0.25, 0.3) is 0 Å². The van der Waals surface area contributed by atoms with Crippen molar-refractivity contribution >= 4 is 11.8 Å². The van der Waals surface area contributed by atoms with E-state index in [1.807, 2.05) is 33.8 Å². The summed E-state index contributed by atoms with van der Waals surface area (Å²) in [5, 5.41) is 2.72. The number of carbonyl (C=O) groups excluding carboxylic acids is 1. The molecule has 4 nitrogen and oxygen atoms in total. The maximum Gasteiger partial charge on any atom is 0.412 e. The fraction of sp³-hybridized carbons (Fsp3) is 0.438. The van der Waals surface area contributed by atoms with Crippen LogP contribution in [-0.4, -0.2) is 18.8 Å². The highest BCUT2D eigenvalue weighted by Gasteiger charge is 2.18. The summed E-state index contributed by atoms with van der Waals surface area (Å²) in [7, 11) is 1.58. The Morgan fingerprint density at radius 3 is 2.55 bits per heavy atom. The summed E-state index contributed by atoms with van der Waals surface area (Å²) in [6.07, 6.45) is 4.96. The Labute approximate surface area is 120 Å². The van der Waals surface area contributed by atoms with E-state index in [-0.39, 0.29) is 5.92 Å². The number of ether oxygens (including phenoxy) is 2. The average Bonchev–Trinajstić information content (AvgIpc) is 2.36. The van der Waals surface area contributed by atoms with Crippen LogP contribution in [0, 0.1) is 12.3 Å². The molecule has 0 spiro atoms. The topological polar surface area (TPSA) is 47.6 Å². The van der Waals surface area contributed by atoms with Crippen LogP contribution in [0.4, 0.5) is 10.5 Å². The van der Waals surface area contributed by atoms with Gasteiger partial charge in [-0.25, -0.2) is 4.79 Å². The van der Waals surface area contributed by atoms with E-state index in [2.05, 4.69) is 11.2 Å². The smallest absolute Gasteiger partial charge is 0.412 e. The van der Waals surface area contributed by atoms with Crippen LogP contribution < -0.4 is 10.1 Å². The summed E-state index contributed by atoms with van der Waals surface area (Å²) < 4.78 is 10.4. The van der Waals surface area contributed by atoms with E-state index in [0.29, 0.717) is 11.4 Å². The maximum atomic E-state index is 11.8. The van der Waals surface area contributed by atoms with Crippen molar-refractivity contribution in [1.82, 2.24) is 0 Å². The van der Waals surface area contributed by atoms with Crippen molar-refractivity contribution in [3.8, 4) is 18.1 Å². The fourth-order valence-corrected chi connectivity index (χ4v) is 1.64. The van der Waals surface area contributed by atoms with Crippen LogP contribution in [0.1, 0.15) is 39.2 Å². The predicted molar refractivity (Wildman–Crippen MR) is 80.1 cm³/mol. The van der Waals surface area contributed by atoms with Gasteiger partial charge in [0.2, 0.25) is 0 Å². The van der Waals surface area contributed by atoms with Gasteiger partial charge in [0.25, 0.3) is 0 Å². The van der Waals surface area contributed by atoms with E-state index in [0.717, 1.165) is 5.56 Å². The standard InChI is InChI=1S/C16H21NO3/c1-7-11(2)13-10-12(19-6)8-9-14(13)17-15(18)20-16(3,4)5/h1,8-11H,2-6H3,(H,17,18). The molecule has 1 aromatic carbocycles. The average molecular weight is 275 g/mol. The number of anilines is 1. The normalized spacial score (nSPS) is 12.2. The summed E-state index contributed by atoms with van der Waals surface area (Å²) in [5.41, 5.74) is 0.900. The van der Waals surface area contributed by atoms with Gasteiger partial charge < -0.3 is 9.47 Å². The van der Waals surface area contributed by atoms with Gasteiger partial charge in [-0.1, -0.05) is 5.92 Å². The molecule has 0 aromatic heterocycles. The lowest BCUT2D eigenvalue weighted by Crippen LogP contribution is -2.27. The monoisotopic (exact) mass is 275 g/mol. The minimum Gasteiger partial charge on any atom is -0.497 e. The van der Waals surface area contributed by atoms with Crippen LogP contribution in [0.5, 0.6) is 5.75 Å². The second-order valence-corrected chi connectivity index (χ2v) is 5.47. The van der Waals surface area contributed by atoms with Crippen LogP contribution in [-0.2, 0) is 4.74 Å². The van der Waals surface area contributed by atoms with Crippen LogP contribution in [0.3, 0.4) is 0 Å². The second-order valence-electron chi connectivity index (χ2n) is 5.47. The van der Waals surface area contributed by atoms with E-state index >= 15 is 0 Å². The number of amides is 1. The molecule has 0 heterocycles. The Morgan fingerprint density at radius 1 is 1.40 bits per heavy atom. The number of carbonyl (C=O) groups is 1. The molecule has 0 aliphatic heterocycles. The van der Waals surface area contributed by atoms with Crippen LogP contribution in [0.2, 0.25) is 0 Å². The van der Waals surface area contributed by atoms with Crippen molar-refractivity contribution in [2.75, 3.05) is 12.4 Å². The van der Waals surface area contributed by atoms with E-state index < -0.39 is 11.7 Å².